The van der Waals surface area contributed by atoms with Crippen LogP contribution in [0.4, 0.5) is 5.69 Å². The van der Waals surface area contributed by atoms with Crippen LogP contribution < -0.4 is 10.5 Å². The lowest BCUT2D eigenvalue weighted by molar-refractivity contribution is 0.404. The second-order valence-electron chi connectivity index (χ2n) is 5.78. The molecular formula is C15H20N2O2S2. The average molecular weight is 324 g/mol. The van der Waals surface area contributed by atoms with Gasteiger partial charge in [-0.15, -0.1) is 11.3 Å². The summed E-state index contributed by atoms with van der Waals surface area (Å²) in [5.41, 5.74) is 7.35. The van der Waals surface area contributed by atoms with Crippen LogP contribution >= 0.6 is 11.3 Å². The molecule has 1 heterocycles. The number of benzene rings is 1. The summed E-state index contributed by atoms with van der Waals surface area (Å²) in [7, 11) is 0.352. The number of rotatable bonds is 4. The molecule has 1 atom stereocenters. The van der Waals surface area contributed by atoms with E-state index < -0.39 is 10.8 Å². The Morgan fingerprint density at radius 2 is 2.10 bits per heavy atom. The summed E-state index contributed by atoms with van der Waals surface area (Å²) in [6, 6.07) is 5.18. The van der Waals surface area contributed by atoms with Crippen LogP contribution in [0.5, 0.6) is 5.75 Å². The molecule has 2 N–H and O–H groups in total. The van der Waals surface area contributed by atoms with Crippen molar-refractivity contribution < 1.29 is 8.95 Å². The number of anilines is 1. The number of nitrogen functional groups attached to an aromatic ring is 1. The van der Waals surface area contributed by atoms with Crippen LogP contribution in [0.15, 0.2) is 28.5 Å². The van der Waals surface area contributed by atoms with Crippen molar-refractivity contribution in [3.05, 3.63) is 34.3 Å². The maximum Gasteiger partial charge on any atom is 0.137 e. The maximum absolute atomic E-state index is 12.5. The summed E-state index contributed by atoms with van der Waals surface area (Å²) in [6.07, 6.45) is 0. The molecule has 0 amide bonds. The SMILES string of the molecule is COc1cc(N)ccc1S(=O)Cc1nc(C(C)(C)C)cs1. The summed E-state index contributed by atoms with van der Waals surface area (Å²) in [5, 5.41) is 2.91. The van der Waals surface area contributed by atoms with E-state index in [1.54, 1.807) is 36.6 Å². The molecule has 4 nitrogen and oxygen atoms in total. The molecule has 2 aromatic rings. The summed E-state index contributed by atoms with van der Waals surface area (Å²) in [6.45, 7) is 6.35. The van der Waals surface area contributed by atoms with E-state index in [2.05, 4.69) is 25.8 Å². The summed E-state index contributed by atoms with van der Waals surface area (Å²) >= 11 is 1.55. The number of nitrogens with two attached hydrogens (primary N) is 1. The largest absolute Gasteiger partial charge is 0.495 e. The van der Waals surface area contributed by atoms with Crippen LogP contribution in [0.2, 0.25) is 0 Å². The topological polar surface area (TPSA) is 65.2 Å². The number of hydrogen-bond donors (Lipinski definition) is 1. The third-order valence-electron chi connectivity index (χ3n) is 3.01. The Kier molecular flexibility index (Phi) is 4.68. The van der Waals surface area contributed by atoms with Gasteiger partial charge in [-0.2, -0.15) is 0 Å². The molecule has 1 aromatic heterocycles. The number of ether oxygens (including phenoxy) is 1. The Morgan fingerprint density at radius 1 is 1.38 bits per heavy atom. The Morgan fingerprint density at radius 3 is 2.67 bits per heavy atom. The fourth-order valence-electron chi connectivity index (χ4n) is 1.78. The van der Waals surface area contributed by atoms with Gasteiger partial charge in [0, 0.05) is 22.5 Å². The molecule has 0 aliphatic rings. The molecule has 0 spiro atoms. The van der Waals surface area contributed by atoms with Gasteiger partial charge in [-0.1, -0.05) is 20.8 Å². The second kappa shape index (κ2) is 6.15. The van der Waals surface area contributed by atoms with Crippen LogP contribution in [0, 0.1) is 0 Å². The van der Waals surface area contributed by atoms with Crippen LogP contribution in [-0.4, -0.2) is 16.3 Å². The molecule has 1 unspecified atom stereocenters. The smallest absolute Gasteiger partial charge is 0.137 e. The lowest BCUT2D eigenvalue weighted by Gasteiger charge is -2.14. The van der Waals surface area contributed by atoms with Crippen molar-refractivity contribution in [2.24, 2.45) is 0 Å². The van der Waals surface area contributed by atoms with Crippen molar-refractivity contribution in [3.63, 3.8) is 0 Å². The predicted octanol–water partition coefficient (Wildman–Crippen LogP) is 3.34. The van der Waals surface area contributed by atoms with Gasteiger partial charge in [0.2, 0.25) is 0 Å². The highest BCUT2D eigenvalue weighted by Gasteiger charge is 2.19. The van der Waals surface area contributed by atoms with Gasteiger partial charge in [0.1, 0.15) is 10.8 Å². The molecular weight excluding hydrogens is 304 g/mol. The van der Waals surface area contributed by atoms with Gasteiger partial charge in [-0.25, -0.2) is 4.98 Å². The van der Waals surface area contributed by atoms with Gasteiger partial charge in [0.15, 0.2) is 0 Å². The standard InChI is InChI=1S/C15H20N2O2S2/c1-15(2,3)13-8-20-14(17-13)9-21(18)12-6-5-10(16)7-11(12)19-4/h5-8H,9,16H2,1-4H3. The Bertz CT molecular complexity index is 660. The zero-order valence-corrected chi connectivity index (χ0v) is 14.3. The van der Waals surface area contributed by atoms with E-state index in [0.717, 1.165) is 10.7 Å². The molecule has 2 rings (SSSR count). The molecule has 1 aromatic carbocycles. The van der Waals surface area contributed by atoms with E-state index in [1.807, 2.05) is 5.38 Å². The lowest BCUT2D eigenvalue weighted by Crippen LogP contribution is -2.11. The second-order valence-corrected chi connectivity index (χ2v) is 8.14. The zero-order chi connectivity index (χ0) is 15.6. The van der Waals surface area contributed by atoms with Gasteiger partial charge in [0.25, 0.3) is 0 Å². The Labute approximate surface area is 131 Å². The number of methoxy groups -OCH3 is 1. The van der Waals surface area contributed by atoms with Gasteiger partial charge >= 0.3 is 0 Å². The number of thiazole rings is 1. The van der Waals surface area contributed by atoms with E-state index in [4.69, 9.17) is 10.5 Å². The lowest BCUT2D eigenvalue weighted by atomic mass is 9.93. The minimum atomic E-state index is -1.20. The number of aromatic nitrogens is 1. The van der Waals surface area contributed by atoms with Gasteiger partial charge < -0.3 is 10.5 Å². The van der Waals surface area contributed by atoms with Crippen molar-refractivity contribution in [1.82, 2.24) is 4.98 Å². The van der Waals surface area contributed by atoms with Crippen LogP contribution in [0.1, 0.15) is 31.5 Å². The van der Waals surface area contributed by atoms with Crippen molar-refractivity contribution in [1.29, 1.82) is 0 Å². The first kappa shape index (κ1) is 16.0. The average Bonchev–Trinajstić information content (AvgIpc) is 2.86. The van der Waals surface area contributed by atoms with E-state index in [0.29, 0.717) is 22.1 Å². The number of hydrogen-bond acceptors (Lipinski definition) is 5. The molecule has 114 valence electrons. The minimum Gasteiger partial charge on any atom is -0.495 e. The first-order chi connectivity index (χ1) is 9.81. The van der Waals surface area contributed by atoms with Gasteiger partial charge in [-0.05, 0) is 12.1 Å². The highest BCUT2D eigenvalue weighted by molar-refractivity contribution is 7.84. The normalized spacial score (nSPS) is 13.1. The number of nitrogens with zero attached hydrogens (tertiary/aromatic N) is 1. The fourth-order valence-corrected chi connectivity index (χ4v) is 4.21. The zero-order valence-electron chi connectivity index (χ0n) is 12.7. The molecule has 6 heteroatoms. The third kappa shape index (κ3) is 3.83. The van der Waals surface area contributed by atoms with Gasteiger partial charge in [-0.3, -0.25) is 4.21 Å². The van der Waals surface area contributed by atoms with Crippen molar-refractivity contribution in [2.75, 3.05) is 12.8 Å². The molecule has 0 bridgehead atoms. The molecule has 0 saturated carbocycles. The summed E-state index contributed by atoms with van der Waals surface area (Å²) in [5.74, 6) is 0.946. The van der Waals surface area contributed by atoms with E-state index >= 15 is 0 Å². The molecule has 0 saturated heterocycles. The first-order valence-corrected chi connectivity index (χ1v) is 8.78. The van der Waals surface area contributed by atoms with Crippen LogP contribution in [0.3, 0.4) is 0 Å². The predicted molar refractivity (Wildman–Crippen MR) is 88.3 cm³/mol. The molecule has 0 aliphatic carbocycles. The molecule has 0 aliphatic heterocycles. The van der Waals surface area contributed by atoms with E-state index in [1.165, 1.54) is 0 Å². The first-order valence-electron chi connectivity index (χ1n) is 6.58. The molecule has 0 radical (unpaired) electrons. The van der Waals surface area contributed by atoms with Crippen molar-refractivity contribution in [3.8, 4) is 5.75 Å². The monoisotopic (exact) mass is 324 g/mol. The highest BCUT2D eigenvalue weighted by atomic mass is 32.2. The highest BCUT2D eigenvalue weighted by Crippen LogP contribution is 2.28. The maximum atomic E-state index is 12.5. The Hall–Kier alpha value is -1.40. The summed E-state index contributed by atoms with van der Waals surface area (Å²) < 4.78 is 17.8. The molecule has 21 heavy (non-hydrogen) atoms. The van der Waals surface area contributed by atoms with Crippen molar-refractivity contribution in [2.45, 2.75) is 36.8 Å². The summed E-state index contributed by atoms with van der Waals surface area (Å²) in [4.78, 5) is 5.23. The van der Waals surface area contributed by atoms with Crippen LogP contribution in [0.25, 0.3) is 0 Å². The van der Waals surface area contributed by atoms with E-state index in [9.17, 15) is 4.21 Å². The molecule has 0 fully saturated rings. The minimum absolute atomic E-state index is 0.00906. The quantitative estimate of drug-likeness (QED) is 0.876. The fraction of sp³-hybridized carbons (Fsp3) is 0.400. The van der Waals surface area contributed by atoms with E-state index in [-0.39, 0.29) is 5.41 Å². The Balaban J connectivity index is 2.20. The van der Waals surface area contributed by atoms with Gasteiger partial charge in [0.05, 0.1) is 34.3 Å². The van der Waals surface area contributed by atoms with Crippen molar-refractivity contribution >= 4 is 27.8 Å². The third-order valence-corrected chi connectivity index (χ3v) is 5.40. The van der Waals surface area contributed by atoms with Crippen LogP contribution in [-0.2, 0) is 22.0 Å².